The van der Waals surface area contributed by atoms with Crippen molar-refractivity contribution >= 4 is 24.4 Å². The molecule has 2 atom stereocenters. The molecule has 1 saturated carbocycles. The zero-order valence-corrected chi connectivity index (χ0v) is 14.5. The molecule has 2 aromatic carbocycles. The lowest BCUT2D eigenvalue weighted by Gasteiger charge is -2.38. The Morgan fingerprint density at radius 3 is 1.96 bits per heavy atom. The molecule has 2 aromatic rings. The molecule has 2 nitrogen and oxygen atoms in total. The summed E-state index contributed by atoms with van der Waals surface area (Å²) in [4.78, 5) is 11.6. The standard InChI is InChI=1S/C20H24NOP/c1-16(22)21-19-14-8-9-15-20(19)23(17-10-4-2-5-11-17)18-12-6-3-7-13-18/h2-7,10-13,19-20H,8-9,14-15H2,1H3,(H,21,22)/t19-,20-/m1/s1. The molecule has 1 aliphatic carbocycles. The molecular weight excluding hydrogens is 301 g/mol. The third kappa shape index (κ3) is 4.00. The maximum Gasteiger partial charge on any atom is 0.217 e. The van der Waals surface area contributed by atoms with Gasteiger partial charge in [0.2, 0.25) is 5.91 Å². The van der Waals surface area contributed by atoms with Gasteiger partial charge in [-0.3, -0.25) is 4.79 Å². The third-order valence-corrected chi connectivity index (χ3v) is 7.51. The van der Waals surface area contributed by atoms with Crippen LogP contribution in [-0.2, 0) is 4.79 Å². The summed E-state index contributed by atoms with van der Waals surface area (Å²) in [5, 5.41) is 6.05. The lowest BCUT2D eigenvalue weighted by Crippen LogP contribution is -2.45. The van der Waals surface area contributed by atoms with Crippen LogP contribution in [0.25, 0.3) is 0 Å². The Hall–Kier alpha value is -1.66. The van der Waals surface area contributed by atoms with Gasteiger partial charge in [0.15, 0.2) is 0 Å². The molecule has 3 heteroatoms. The quantitative estimate of drug-likeness (QED) is 0.856. The highest BCUT2D eigenvalue weighted by Gasteiger charge is 2.33. The molecule has 0 radical (unpaired) electrons. The first-order chi connectivity index (χ1) is 11.3. The molecule has 1 aliphatic rings. The molecule has 0 heterocycles. The molecule has 0 spiro atoms. The molecule has 0 aromatic heterocycles. The monoisotopic (exact) mass is 325 g/mol. The molecule has 1 amide bonds. The van der Waals surface area contributed by atoms with Crippen molar-refractivity contribution in [3.63, 3.8) is 0 Å². The van der Waals surface area contributed by atoms with Crippen LogP contribution in [0.5, 0.6) is 0 Å². The van der Waals surface area contributed by atoms with Gasteiger partial charge >= 0.3 is 0 Å². The van der Waals surface area contributed by atoms with Crippen molar-refractivity contribution in [1.82, 2.24) is 5.32 Å². The van der Waals surface area contributed by atoms with Crippen LogP contribution in [-0.4, -0.2) is 17.6 Å². The summed E-state index contributed by atoms with van der Waals surface area (Å²) in [5.74, 6) is 0.0953. The van der Waals surface area contributed by atoms with E-state index in [1.165, 1.54) is 29.9 Å². The number of nitrogens with one attached hydrogen (secondary N) is 1. The van der Waals surface area contributed by atoms with Gasteiger partial charge in [-0.1, -0.05) is 73.5 Å². The zero-order valence-electron chi connectivity index (χ0n) is 13.6. The number of carbonyl (C=O) groups excluding carboxylic acids is 1. The van der Waals surface area contributed by atoms with E-state index in [9.17, 15) is 4.79 Å². The molecule has 0 unspecified atom stereocenters. The van der Waals surface area contributed by atoms with E-state index in [0.717, 1.165) is 6.42 Å². The summed E-state index contributed by atoms with van der Waals surface area (Å²) in [6, 6.07) is 22.0. The maximum atomic E-state index is 11.6. The van der Waals surface area contributed by atoms with Crippen LogP contribution in [0.15, 0.2) is 60.7 Å². The van der Waals surface area contributed by atoms with E-state index in [1.54, 1.807) is 6.92 Å². The molecule has 1 fully saturated rings. The van der Waals surface area contributed by atoms with Gasteiger partial charge in [0, 0.05) is 18.6 Å². The molecule has 1 N–H and O–H groups in total. The first-order valence-electron chi connectivity index (χ1n) is 8.42. The number of rotatable bonds is 4. The van der Waals surface area contributed by atoms with Crippen LogP contribution in [0.2, 0.25) is 0 Å². The van der Waals surface area contributed by atoms with Gasteiger partial charge in [-0.25, -0.2) is 0 Å². The Bertz CT molecular complexity index is 589. The topological polar surface area (TPSA) is 29.1 Å². The summed E-state index contributed by atoms with van der Waals surface area (Å²) in [7, 11) is -0.454. The first-order valence-corrected chi connectivity index (χ1v) is 9.83. The summed E-state index contributed by atoms with van der Waals surface area (Å²) in [6.07, 6.45) is 4.77. The Balaban J connectivity index is 1.98. The van der Waals surface area contributed by atoms with E-state index in [2.05, 4.69) is 66.0 Å². The summed E-state index contributed by atoms with van der Waals surface area (Å²) in [6.45, 7) is 1.64. The lowest BCUT2D eigenvalue weighted by molar-refractivity contribution is -0.119. The fourth-order valence-corrected chi connectivity index (χ4v) is 6.63. The fraction of sp³-hybridized carbons (Fsp3) is 0.350. The van der Waals surface area contributed by atoms with Gasteiger partial charge in [0.1, 0.15) is 0 Å². The van der Waals surface area contributed by atoms with Crippen LogP contribution >= 0.6 is 7.92 Å². The van der Waals surface area contributed by atoms with E-state index in [0.29, 0.717) is 11.7 Å². The Labute approximate surface area is 140 Å². The Morgan fingerprint density at radius 1 is 0.913 bits per heavy atom. The molecule has 120 valence electrons. The van der Waals surface area contributed by atoms with Crippen molar-refractivity contribution < 1.29 is 4.79 Å². The van der Waals surface area contributed by atoms with Crippen molar-refractivity contribution in [3.05, 3.63) is 60.7 Å². The Morgan fingerprint density at radius 2 is 1.43 bits per heavy atom. The second-order valence-electron chi connectivity index (χ2n) is 6.20. The summed E-state index contributed by atoms with van der Waals surface area (Å²) < 4.78 is 0. The average molecular weight is 325 g/mol. The average Bonchev–Trinajstić information content (AvgIpc) is 2.58. The molecule has 0 saturated heterocycles. The first kappa shape index (κ1) is 16.2. The van der Waals surface area contributed by atoms with Gasteiger partial charge < -0.3 is 5.32 Å². The number of hydrogen-bond donors (Lipinski definition) is 1. The van der Waals surface area contributed by atoms with Crippen molar-refractivity contribution in [2.75, 3.05) is 0 Å². The summed E-state index contributed by atoms with van der Waals surface area (Å²) in [5.41, 5.74) is 0.521. The highest BCUT2D eigenvalue weighted by atomic mass is 31.1. The SMILES string of the molecule is CC(=O)N[C@@H]1CCCC[C@H]1P(c1ccccc1)c1ccccc1. The predicted octanol–water partition coefficient (Wildman–Crippen LogP) is 3.57. The van der Waals surface area contributed by atoms with E-state index in [-0.39, 0.29) is 5.91 Å². The number of amides is 1. The van der Waals surface area contributed by atoms with E-state index in [4.69, 9.17) is 0 Å². The minimum atomic E-state index is -0.454. The van der Waals surface area contributed by atoms with Crippen LogP contribution in [0.1, 0.15) is 32.6 Å². The van der Waals surface area contributed by atoms with Crippen molar-refractivity contribution in [2.24, 2.45) is 0 Å². The largest absolute Gasteiger partial charge is 0.353 e. The predicted molar refractivity (Wildman–Crippen MR) is 98.9 cm³/mol. The van der Waals surface area contributed by atoms with Gasteiger partial charge in [-0.05, 0) is 31.4 Å². The molecule has 23 heavy (non-hydrogen) atoms. The molecular formula is C20H24NOP. The lowest BCUT2D eigenvalue weighted by atomic mass is 9.95. The second-order valence-corrected chi connectivity index (χ2v) is 8.64. The third-order valence-electron chi connectivity index (χ3n) is 4.52. The van der Waals surface area contributed by atoms with Crippen LogP contribution < -0.4 is 15.9 Å². The smallest absolute Gasteiger partial charge is 0.217 e. The maximum absolute atomic E-state index is 11.6. The number of benzene rings is 2. The Kier molecular flexibility index (Phi) is 5.46. The minimum Gasteiger partial charge on any atom is -0.353 e. The molecule has 3 rings (SSSR count). The van der Waals surface area contributed by atoms with Crippen molar-refractivity contribution in [1.29, 1.82) is 0 Å². The van der Waals surface area contributed by atoms with Crippen LogP contribution in [0.3, 0.4) is 0 Å². The minimum absolute atomic E-state index is 0.0953. The normalized spacial score (nSPS) is 21.1. The number of carbonyl (C=O) groups is 1. The van der Waals surface area contributed by atoms with E-state index >= 15 is 0 Å². The fourth-order valence-electron chi connectivity index (χ4n) is 3.56. The van der Waals surface area contributed by atoms with Gasteiger partial charge in [0.25, 0.3) is 0 Å². The summed E-state index contributed by atoms with van der Waals surface area (Å²) >= 11 is 0. The van der Waals surface area contributed by atoms with Crippen LogP contribution in [0, 0.1) is 0 Å². The zero-order chi connectivity index (χ0) is 16.1. The van der Waals surface area contributed by atoms with Gasteiger partial charge in [-0.2, -0.15) is 0 Å². The molecule has 0 bridgehead atoms. The van der Waals surface area contributed by atoms with E-state index < -0.39 is 7.92 Å². The highest BCUT2D eigenvalue weighted by Crippen LogP contribution is 2.46. The molecule has 0 aliphatic heterocycles. The van der Waals surface area contributed by atoms with Crippen LogP contribution in [0.4, 0.5) is 0 Å². The second kappa shape index (κ2) is 7.75. The van der Waals surface area contributed by atoms with Crippen molar-refractivity contribution in [2.45, 2.75) is 44.3 Å². The van der Waals surface area contributed by atoms with Crippen molar-refractivity contribution in [3.8, 4) is 0 Å². The van der Waals surface area contributed by atoms with Gasteiger partial charge in [0.05, 0.1) is 0 Å². The number of hydrogen-bond acceptors (Lipinski definition) is 1. The van der Waals surface area contributed by atoms with Gasteiger partial charge in [-0.15, -0.1) is 0 Å². The highest BCUT2D eigenvalue weighted by molar-refractivity contribution is 7.73. The van der Waals surface area contributed by atoms with E-state index in [1.807, 2.05) is 0 Å².